The fraction of sp³-hybridized carbons (Fsp3) is 0.545. The van der Waals surface area contributed by atoms with Gasteiger partial charge in [-0.05, 0) is 70.0 Å². The van der Waals surface area contributed by atoms with Crippen LogP contribution in [0.15, 0.2) is 42.5 Å². The van der Waals surface area contributed by atoms with E-state index in [4.69, 9.17) is 9.72 Å². The Morgan fingerprint density at radius 3 is 2.09 bits per heavy atom. The van der Waals surface area contributed by atoms with Crippen LogP contribution in [0.1, 0.15) is 92.2 Å². The van der Waals surface area contributed by atoms with Crippen LogP contribution in [0.2, 0.25) is 25.7 Å². The fourth-order valence-electron chi connectivity index (χ4n) is 5.19. The van der Waals surface area contributed by atoms with Crippen molar-refractivity contribution in [2.75, 3.05) is 6.61 Å². The monoisotopic (exact) mass is 678 g/mol. The van der Waals surface area contributed by atoms with Gasteiger partial charge in [-0.3, -0.25) is 14.5 Å². The van der Waals surface area contributed by atoms with Gasteiger partial charge in [-0.2, -0.15) is 13.2 Å². The van der Waals surface area contributed by atoms with Crippen molar-refractivity contribution in [2.24, 2.45) is 5.41 Å². The van der Waals surface area contributed by atoms with Crippen molar-refractivity contribution in [1.29, 1.82) is 0 Å². The van der Waals surface area contributed by atoms with Gasteiger partial charge in [0.1, 0.15) is 12.6 Å². The molecule has 2 heterocycles. The van der Waals surface area contributed by atoms with Crippen LogP contribution < -0.4 is 4.72 Å². The second-order valence-electron chi connectivity index (χ2n) is 14.8. The van der Waals surface area contributed by atoms with Crippen LogP contribution in [-0.4, -0.2) is 56.1 Å². The van der Waals surface area contributed by atoms with Crippen molar-refractivity contribution >= 4 is 41.9 Å². The first-order valence-electron chi connectivity index (χ1n) is 15.4. The van der Waals surface area contributed by atoms with Crippen molar-refractivity contribution < 1.29 is 31.7 Å². The third-order valence-corrected chi connectivity index (χ3v) is 11.6. The number of benzene rings is 2. The van der Waals surface area contributed by atoms with E-state index in [2.05, 4.69) is 24.4 Å². The Labute approximate surface area is 272 Å². The molecule has 0 saturated carbocycles. The zero-order chi connectivity index (χ0) is 34.4. The van der Waals surface area contributed by atoms with Crippen LogP contribution in [0.3, 0.4) is 0 Å². The minimum atomic E-state index is -4.52. The zero-order valence-electron chi connectivity index (χ0n) is 28.0. The van der Waals surface area contributed by atoms with Gasteiger partial charge < -0.3 is 9.30 Å². The number of ether oxygens (including phenoxy) is 1. The number of imide groups is 1. The van der Waals surface area contributed by atoms with Crippen molar-refractivity contribution in [2.45, 2.75) is 103 Å². The number of imidazole rings is 1. The highest BCUT2D eigenvalue weighted by Crippen LogP contribution is 2.44. The second-order valence-corrected chi connectivity index (χ2v) is 22.5. The molecule has 0 saturated heterocycles. The Balaban J connectivity index is 1.79. The molecule has 3 aromatic rings. The van der Waals surface area contributed by atoms with E-state index in [9.17, 15) is 27.0 Å². The molecule has 0 aliphatic carbocycles. The van der Waals surface area contributed by atoms with Gasteiger partial charge >= 0.3 is 6.18 Å². The molecule has 4 rings (SSSR count). The van der Waals surface area contributed by atoms with Gasteiger partial charge in [0.25, 0.3) is 11.8 Å². The lowest BCUT2D eigenvalue weighted by molar-refractivity contribution is -0.215. The van der Waals surface area contributed by atoms with Gasteiger partial charge in [0.2, 0.25) is 0 Å². The van der Waals surface area contributed by atoms with E-state index in [0.29, 0.717) is 34.3 Å². The van der Waals surface area contributed by atoms with Gasteiger partial charge in [-0.25, -0.2) is 13.9 Å². The Kier molecular flexibility index (Phi) is 10.1. The van der Waals surface area contributed by atoms with E-state index >= 15 is 0 Å². The normalized spacial score (nSPS) is 16.7. The fourth-order valence-corrected chi connectivity index (χ4v) is 6.74. The predicted molar refractivity (Wildman–Crippen MR) is 177 cm³/mol. The molecule has 0 spiro atoms. The van der Waals surface area contributed by atoms with E-state index in [1.807, 2.05) is 0 Å². The van der Waals surface area contributed by atoms with Crippen molar-refractivity contribution in [3.63, 3.8) is 0 Å². The molecule has 46 heavy (non-hydrogen) atoms. The number of hydrogen-bond acceptors (Lipinski definition) is 5. The summed E-state index contributed by atoms with van der Waals surface area (Å²) in [6.45, 7) is 16.4. The third kappa shape index (κ3) is 7.64. The standard InChI is InChI=1S/C33H45F3N4O4SSi/c1-21(40-29(41)23-12-10-11-13-24(23)30(40)42)22-14-15-27-25(18-22)37-28(39(27)20-44-16-17-46(7,8)9)26(38-45(43)31(2,3)4)19-32(5,6)33(34,35)36/h10-15,18,21,26,38H,16-17,19-20H2,1-9H3/t21-,26-,45+/m1/s1. The number of nitrogens with zero attached hydrogens (tertiary/aromatic N) is 3. The van der Waals surface area contributed by atoms with E-state index in [-0.39, 0.29) is 12.6 Å². The van der Waals surface area contributed by atoms with Crippen molar-refractivity contribution in [3.05, 3.63) is 65.0 Å². The summed E-state index contributed by atoms with van der Waals surface area (Å²) < 4.78 is 65.9. The number of aromatic nitrogens is 2. The summed E-state index contributed by atoms with van der Waals surface area (Å²) in [7, 11) is -3.13. The maximum absolute atomic E-state index is 14.2. The summed E-state index contributed by atoms with van der Waals surface area (Å²) >= 11 is 0. The maximum atomic E-state index is 14.2. The minimum Gasteiger partial charge on any atom is -0.361 e. The average Bonchev–Trinajstić information content (AvgIpc) is 3.42. The number of rotatable bonds is 12. The first-order chi connectivity index (χ1) is 21.1. The molecule has 1 aliphatic rings. The molecule has 3 atom stereocenters. The quantitative estimate of drug-likeness (QED) is 0.120. The molecule has 0 bridgehead atoms. The Morgan fingerprint density at radius 2 is 1.57 bits per heavy atom. The highest BCUT2D eigenvalue weighted by molar-refractivity contribution is 7.84. The van der Waals surface area contributed by atoms with Crippen LogP contribution >= 0.6 is 0 Å². The number of alkyl halides is 3. The van der Waals surface area contributed by atoms with Crippen LogP contribution in [0.5, 0.6) is 0 Å². The summed E-state index contributed by atoms with van der Waals surface area (Å²) in [6.07, 6.45) is -4.94. The molecule has 8 nitrogen and oxygen atoms in total. The Bertz CT molecular complexity index is 1610. The number of carbonyl (C=O) groups is 2. The molecular formula is C33H45F3N4O4SSi. The first kappa shape index (κ1) is 36.0. The summed E-state index contributed by atoms with van der Waals surface area (Å²) in [5.74, 6) is -0.513. The topological polar surface area (TPSA) is 93.5 Å². The van der Waals surface area contributed by atoms with Gasteiger partial charge in [0.15, 0.2) is 0 Å². The van der Waals surface area contributed by atoms with E-state index in [1.165, 1.54) is 4.90 Å². The van der Waals surface area contributed by atoms with E-state index in [0.717, 1.165) is 19.9 Å². The molecule has 0 fully saturated rings. The van der Waals surface area contributed by atoms with Crippen LogP contribution in [0, 0.1) is 5.41 Å². The van der Waals surface area contributed by atoms with Crippen molar-refractivity contribution in [1.82, 2.24) is 19.2 Å². The summed E-state index contributed by atoms with van der Waals surface area (Å²) in [4.78, 5) is 32.4. The highest BCUT2D eigenvalue weighted by Gasteiger charge is 2.49. The third-order valence-electron chi connectivity index (χ3n) is 8.31. The molecule has 2 aromatic carbocycles. The molecule has 252 valence electrons. The van der Waals surface area contributed by atoms with Gasteiger partial charge in [-0.1, -0.05) is 51.7 Å². The van der Waals surface area contributed by atoms with Gasteiger partial charge in [-0.15, -0.1) is 0 Å². The van der Waals surface area contributed by atoms with Gasteiger partial charge in [0, 0.05) is 14.7 Å². The molecule has 1 aliphatic heterocycles. The number of fused-ring (bicyclic) bond motifs is 2. The largest absolute Gasteiger partial charge is 0.394 e. The van der Waals surface area contributed by atoms with Gasteiger partial charge in [0.05, 0.1) is 55.4 Å². The van der Waals surface area contributed by atoms with E-state index in [1.54, 1.807) is 74.7 Å². The molecule has 1 N–H and O–H groups in total. The number of amides is 2. The zero-order valence-corrected chi connectivity index (χ0v) is 29.9. The minimum absolute atomic E-state index is 0.0381. The lowest BCUT2D eigenvalue weighted by Gasteiger charge is -2.33. The average molecular weight is 679 g/mol. The smallest absolute Gasteiger partial charge is 0.361 e. The molecule has 0 radical (unpaired) electrons. The molecule has 2 amide bonds. The SMILES string of the molecule is C[C@H](c1ccc2c(c1)nc([C@@H](CC(C)(C)C(F)(F)F)N[S@@](=O)C(C)(C)C)n2COCC[Si](C)(C)C)N1C(=O)c2ccccc2C1=O. The summed E-state index contributed by atoms with van der Waals surface area (Å²) in [5.41, 5.74) is 0.268. The first-order valence-corrected chi connectivity index (χ1v) is 20.3. The number of hydrogen-bond donors (Lipinski definition) is 1. The number of nitrogens with one attached hydrogen (secondary N) is 1. The van der Waals surface area contributed by atoms with Crippen LogP contribution in [0.25, 0.3) is 11.0 Å². The Morgan fingerprint density at radius 1 is 0.978 bits per heavy atom. The molecular weight excluding hydrogens is 634 g/mol. The van der Waals surface area contributed by atoms with Crippen LogP contribution in [-0.2, 0) is 22.5 Å². The van der Waals surface area contributed by atoms with Crippen molar-refractivity contribution in [3.8, 4) is 0 Å². The molecule has 0 unspecified atom stereocenters. The lowest BCUT2D eigenvalue weighted by atomic mass is 9.85. The Hall–Kier alpha value is -2.87. The number of halogens is 3. The lowest BCUT2D eigenvalue weighted by Crippen LogP contribution is -2.41. The maximum Gasteiger partial charge on any atom is 0.394 e. The summed E-state index contributed by atoms with van der Waals surface area (Å²) in [6, 6.07) is 11.2. The predicted octanol–water partition coefficient (Wildman–Crippen LogP) is 7.78. The summed E-state index contributed by atoms with van der Waals surface area (Å²) in [5, 5.41) is 0. The molecule has 13 heteroatoms. The van der Waals surface area contributed by atoms with E-state index < -0.39 is 65.7 Å². The van der Waals surface area contributed by atoms with Crippen LogP contribution in [0.4, 0.5) is 13.2 Å². The highest BCUT2D eigenvalue weighted by atomic mass is 32.2. The number of carbonyl (C=O) groups excluding carboxylic acids is 2. The second kappa shape index (κ2) is 13.0. The molecule has 1 aromatic heterocycles.